The zero-order valence-electron chi connectivity index (χ0n) is 22.9. The first-order valence-electron chi connectivity index (χ1n) is 14.3. The topological polar surface area (TPSA) is 62.8 Å². The molecule has 3 aliphatic rings. The molecule has 6 rings (SSSR count). The van der Waals surface area contributed by atoms with Gasteiger partial charge in [0.15, 0.2) is 0 Å². The maximum Gasteiger partial charge on any atom is 0.138 e. The predicted molar refractivity (Wildman–Crippen MR) is 154 cm³/mol. The number of anilines is 1. The minimum absolute atomic E-state index is 0.142. The smallest absolute Gasteiger partial charge is 0.138 e. The van der Waals surface area contributed by atoms with Crippen molar-refractivity contribution in [3.63, 3.8) is 0 Å². The Morgan fingerprint density at radius 2 is 1.82 bits per heavy atom. The normalized spacial score (nSPS) is 20.9. The van der Waals surface area contributed by atoms with Crippen LogP contribution >= 0.6 is 11.3 Å². The van der Waals surface area contributed by atoms with E-state index in [0.717, 1.165) is 68.4 Å². The molecule has 0 unspecified atom stereocenters. The number of aromatic nitrogens is 2. The average Bonchev–Trinajstić information content (AvgIpc) is 3.29. The third-order valence-corrected chi connectivity index (χ3v) is 9.36. The highest BCUT2D eigenvalue weighted by Crippen LogP contribution is 2.40. The molecule has 2 saturated heterocycles. The van der Waals surface area contributed by atoms with Crippen molar-refractivity contribution in [1.82, 2.24) is 19.8 Å². The highest BCUT2D eigenvalue weighted by Gasteiger charge is 2.31. The Morgan fingerprint density at radius 1 is 1.03 bits per heavy atom. The summed E-state index contributed by atoms with van der Waals surface area (Å²) in [6, 6.07) is 9.15. The van der Waals surface area contributed by atoms with Crippen LogP contribution < -0.4 is 10.1 Å². The fraction of sp³-hybridized carbons (Fsp3) is 0.600. The lowest BCUT2D eigenvalue weighted by Gasteiger charge is -2.33. The van der Waals surface area contributed by atoms with Gasteiger partial charge in [0.2, 0.25) is 0 Å². The van der Waals surface area contributed by atoms with E-state index in [1.807, 2.05) is 0 Å². The van der Waals surface area contributed by atoms with E-state index >= 15 is 0 Å². The molecule has 0 amide bonds. The molecule has 1 N–H and O–H groups in total. The van der Waals surface area contributed by atoms with Crippen LogP contribution in [0, 0.1) is 0 Å². The van der Waals surface area contributed by atoms with Gasteiger partial charge in [0.05, 0.1) is 17.6 Å². The van der Waals surface area contributed by atoms with Gasteiger partial charge in [-0.25, -0.2) is 9.97 Å². The van der Waals surface area contributed by atoms with Gasteiger partial charge in [-0.15, -0.1) is 11.3 Å². The standard InChI is InChI=1S/C30H41N5O2S/c1-30(2)18-25-26(20-37-30)38-29-27(25)28(31-21-32-29)33-23-10-14-35(15-11-23)19-22-6-8-24(9-7-22)36-17-16-34-12-4-3-5-13-34/h6-9,21,23H,3-5,10-20H2,1-2H3,(H,31,32,33). The molecular formula is C30H41N5O2S. The Kier molecular flexibility index (Phi) is 7.84. The van der Waals surface area contributed by atoms with E-state index in [1.165, 1.54) is 53.7 Å². The van der Waals surface area contributed by atoms with Crippen LogP contribution in [-0.4, -0.2) is 70.7 Å². The van der Waals surface area contributed by atoms with Crippen LogP contribution in [0.4, 0.5) is 5.82 Å². The summed E-state index contributed by atoms with van der Waals surface area (Å²) in [5, 5.41) is 5.00. The largest absolute Gasteiger partial charge is 0.492 e. The van der Waals surface area contributed by atoms with Crippen molar-refractivity contribution >= 4 is 27.4 Å². The first-order chi connectivity index (χ1) is 18.5. The third-order valence-electron chi connectivity index (χ3n) is 8.25. The van der Waals surface area contributed by atoms with Crippen LogP contribution in [0.3, 0.4) is 0 Å². The number of rotatable bonds is 8. The van der Waals surface area contributed by atoms with Gasteiger partial charge in [-0.2, -0.15) is 0 Å². The monoisotopic (exact) mass is 535 g/mol. The van der Waals surface area contributed by atoms with Gasteiger partial charge in [-0.1, -0.05) is 18.6 Å². The van der Waals surface area contributed by atoms with E-state index in [-0.39, 0.29) is 5.60 Å². The van der Waals surface area contributed by atoms with Gasteiger partial charge in [0.1, 0.15) is 29.3 Å². The quantitative estimate of drug-likeness (QED) is 0.410. The molecule has 2 aromatic heterocycles. The molecule has 2 fully saturated rings. The molecule has 204 valence electrons. The van der Waals surface area contributed by atoms with Crippen molar-refractivity contribution < 1.29 is 9.47 Å². The van der Waals surface area contributed by atoms with Gasteiger partial charge in [-0.05, 0) is 75.9 Å². The van der Waals surface area contributed by atoms with E-state index in [1.54, 1.807) is 17.7 Å². The summed E-state index contributed by atoms with van der Waals surface area (Å²) in [6.45, 7) is 12.4. The summed E-state index contributed by atoms with van der Waals surface area (Å²) in [7, 11) is 0. The number of nitrogens with zero attached hydrogens (tertiary/aromatic N) is 4. The molecule has 0 spiro atoms. The fourth-order valence-corrected chi connectivity index (χ4v) is 7.11. The second-order valence-electron chi connectivity index (χ2n) is 11.7. The molecular weight excluding hydrogens is 494 g/mol. The van der Waals surface area contributed by atoms with Gasteiger partial charge < -0.3 is 14.8 Å². The third kappa shape index (κ3) is 6.14. The van der Waals surface area contributed by atoms with E-state index in [9.17, 15) is 0 Å². The number of thiophene rings is 1. The molecule has 5 heterocycles. The Labute approximate surface area is 230 Å². The summed E-state index contributed by atoms with van der Waals surface area (Å²) < 4.78 is 12.1. The van der Waals surface area contributed by atoms with Crippen LogP contribution in [0.2, 0.25) is 0 Å². The summed E-state index contributed by atoms with van der Waals surface area (Å²) in [5.41, 5.74) is 2.59. The van der Waals surface area contributed by atoms with Crippen LogP contribution in [0.15, 0.2) is 30.6 Å². The van der Waals surface area contributed by atoms with E-state index in [0.29, 0.717) is 12.6 Å². The summed E-state index contributed by atoms with van der Waals surface area (Å²) in [5.74, 6) is 1.98. The minimum atomic E-state index is -0.142. The lowest BCUT2D eigenvalue weighted by molar-refractivity contribution is -0.0379. The first kappa shape index (κ1) is 26.0. The van der Waals surface area contributed by atoms with E-state index in [2.05, 4.69) is 63.2 Å². The van der Waals surface area contributed by atoms with Crippen molar-refractivity contribution in [1.29, 1.82) is 0 Å². The van der Waals surface area contributed by atoms with Crippen molar-refractivity contribution in [3.05, 3.63) is 46.6 Å². The molecule has 8 heteroatoms. The van der Waals surface area contributed by atoms with Crippen LogP contribution in [-0.2, 0) is 24.3 Å². The second-order valence-corrected chi connectivity index (χ2v) is 12.8. The van der Waals surface area contributed by atoms with Crippen LogP contribution in [0.1, 0.15) is 62.0 Å². The molecule has 0 atom stereocenters. The number of piperidine rings is 2. The number of fused-ring (bicyclic) bond motifs is 3. The molecule has 0 radical (unpaired) electrons. The minimum Gasteiger partial charge on any atom is -0.492 e. The second kappa shape index (κ2) is 11.5. The highest BCUT2D eigenvalue weighted by molar-refractivity contribution is 7.18. The molecule has 3 aromatic rings. The Morgan fingerprint density at radius 3 is 2.61 bits per heavy atom. The lowest BCUT2D eigenvalue weighted by atomic mass is 9.94. The molecule has 1 aromatic carbocycles. The number of hydrogen-bond acceptors (Lipinski definition) is 8. The van der Waals surface area contributed by atoms with Gasteiger partial charge in [0.25, 0.3) is 0 Å². The zero-order chi connectivity index (χ0) is 26.0. The molecule has 3 aliphatic heterocycles. The van der Waals surface area contributed by atoms with Gasteiger partial charge in [-0.3, -0.25) is 9.80 Å². The van der Waals surface area contributed by atoms with Crippen molar-refractivity contribution in [2.24, 2.45) is 0 Å². The fourth-order valence-electron chi connectivity index (χ4n) is 6.04. The predicted octanol–water partition coefficient (Wildman–Crippen LogP) is 5.48. The maximum atomic E-state index is 6.05. The zero-order valence-corrected chi connectivity index (χ0v) is 23.7. The first-order valence-corrected chi connectivity index (χ1v) is 15.2. The van der Waals surface area contributed by atoms with Crippen molar-refractivity contribution in [2.75, 3.05) is 44.6 Å². The number of nitrogens with one attached hydrogen (secondary N) is 1. The average molecular weight is 536 g/mol. The van der Waals surface area contributed by atoms with Crippen LogP contribution in [0.5, 0.6) is 5.75 Å². The van der Waals surface area contributed by atoms with Crippen molar-refractivity contribution in [2.45, 2.75) is 77.2 Å². The molecule has 0 aliphatic carbocycles. The number of hydrogen-bond donors (Lipinski definition) is 1. The number of likely N-dealkylation sites (tertiary alicyclic amines) is 2. The highest BCUT2D eigenvalue weighted by atomic mass is 32.1. The maximum absolute atomic E-state index is 6.05. The number of ether oxygens (including phenoxy) is 2. The Balaban J connectivity index is 0.994. The van der Waals surface area contributed by atoms with Crippen molar-refractivity contribution in [3.8, 4) is 5.75 Å². The van der Waals surface area contributed by atoms with Gasteiger partial charge in [0, 0.05) is 43.5 Å². The van der Waals surface area contributed by atoms with E-state index in [4.69, 9.17) is 9.47 Å². The van der Waals surface area contributed by atoms with Gasteiger partial charge >= 0.3 is 0 Å². The summed E-state index contributed by atoms with van der Waals surface area (Å²) in [6.07, 6.45) is 8.88. The molecule has 7 nitrogen and oxygen atoms in total. The van der Waals surface area contributed by atoms with E-state index < -0.39 is 0 Å². The number of benzene rings is 1. The van der Waals surface area contributed by atoms with Crippen LogP contribution in [0.25, 0.3) is 10.2 Å². The molecule has 0 bridgehead atoms. The summed E-state index contributed by atoms with van der Waals surface area (Å²) >= 11 is 1.75. The molecule has 38 heavy (non-hydrogen) atoms. The summed E-state index contributed by atoms with van der Waals surface area (Å²) in [4.78, 5) is 16.7. The lowest BCUT2D eigenvalue weighted by Crippen LogP contribution is -2.38. The Bertz CT molecular complexity index is 1210. The Hall–Kier alpha value is -2.26. The molecule has 0 saturated carbocycles. The SMILES string of the molecule is CC1(C)Cc2c(sc3ncnc(NC4CCN(Cc5ccc(OCCN6CCCCC6)cc5)CC4)c23)CO1.